The van der Waals surface area contributed by atoms with Gasteiger partial charge in [-0.15, -0.1) is 0 Å². The van der Waals surface area contributed by atoms with E-state index in [1.54, 1.807) is 10.6 Å². The molecule has 2 aliphatic heterocycles. The zero-order chi connectivity index (χ0) is 26.8. The molecule has 1 aromatic carbocycles. The van der Waals surface area contributed by atoms with E-state index in [0.29, 0.717) is 16.3 Å². The maximum absolute atomic E-state index is 14.7. The lowest BCUT2D eigenvalue weighted by Gasteiger charge is -2.42. The number of hydrogen-bond donors (Lipinski definition) is 2. The van der Waals surface area contributed by atoms with E-state index in [2.05, 4.69) is 0 Å². The van der Waals surface area contributed by atoms with Crippen LogP contribution in [0.2, 0.25) is 0 Å². The number of anilines is 2. The molecule has 2 N–H and O–H groups in total. The number of amides is 3. The van der Waals surface area contributed by atoms with E-state index >= 15 is 0 Å². The number of hydrogen-bond acceptors (Lipinski definition) is 6. The van der Waals surface area contributed by atoms with E-state index in [9.17, 15) is 45.1 Å². The average Bonchev–Trinajstić information content (AvgIpc) is 3.15. The van der Waals surface area contributed by atoms with E-state index in [4.69, 9.17) is 4.74 Å². The van der Waals surface area contributed by atoms with Gasteiger partial charge in [0.05, 0.1) is 19.6 Å². The highest BCUT2D eigenvalue weighted by Gasteiger charge is 2.48. The number of carbonyl (C=O) groups excluding carboxylic acids is 3. The SMILES string of the molecule is CC(=O)NC(N1CCN(c2ccc(N3CC(CNC(=O)C(F)(F)F)OC3=O)cc2)CC1F)C(F)(F)F. The van der Waals surface area contributed by atoms with Crippen molar-refractivity contribution < 1.29 is 49.9 Å². The molecule has 2 aliphatic rings. The Kier molecular flexibility index (Phi) is 7.85. The van der Waals surface area contributed by atoms with Gasteiger partial charge < -0.3 is 20.3 Å². The first-order valence-corrected chi connectivity index (χ1v) is 10.6. The van der Waals surface area contributed by atoms with Crippen molar-refractivity contribution in [2.24, 2.45) is 0 Å². The van der Waals surface area contributed by atoms with E-state index < -0.39 is 61.9 Å². The summed E-state index contributed by atoms with van der Waals surface area (Å²) in [4.78, 5) is 37.3. The summed E-state index contributed by atoms with van der Waals surface area (Å²) in [5.41, 5.74) is 0.761. The van der Waals surface area contributed by atoms with E-state index in [1.165, 1.54) is 29.2 Å². The first-order chi connectivity index (χ1) is 16.7. The summed E-state index contributed by atoms with van der Waals surface area (Å²) in [6.45, 7) is -0.517. The van der Waals surface area contributed by atoms with Crippen LogP contribution in [0, 0.1) is 0 Å². The van der Waals surface area contributed by atoms with Gasteiger partial charge in [-0.2, -0.15) is 26.3 Å². The van der Waals surface area contributed by atoms with Crippen LogP contribution >= 0.6 is 0 Å². The smallest absolute Gasteiger partial charge is 0.442 e. The number of benzene rings is 1. The van der Waals surface area contributed by atoms with Gasteiger partial charge in [0, 0.05) is 31.4 Å². The minimum absolute atomic E-state index is 0.0126. The molecule has 0 saturated carbocycles. The predicted octanol–water partition coefficient (Wildman–Crippen LogP) is 2.13. The quantitative estimate of drug-likeness (QED) is 0.434. The number of nitrogens with one attached hydrogen (secondary N) is 2. The fourth-order valence-corrected chi connectivity index (χ4v) is 3.81. The summed E-state index contributed by atoms with van der Waals surface area (Å²) in [6, 6.07) is 5.92. The molecule has 2 saturated heterocycles. The van der Waals surface area contributed by atoms with Gasteiger partial charge in [0.2, 0.25) is 5.91 Å². The van der Waals surface area contributed by atoms with Crippen molar-refractivity contribution in [1.29, 1.82) is 0 Å². The molecule has 36 heavy (non-hydrogen) atoms. The first kappa shape index (κ1) is 27.3. The Morgan fingerprint density at radius 1 is 1.06 bits per heavy atom. The standard InChI is InChI=1S/C20H22F7N5O4/c1-11(33)29-16(19(22,23)24)31-7-6-30(10-15(31)21)12-2-4-13(5-3-12)32-9-14(36-18(32)35)8-28-17(34)20(25,26)27/h2-5,14-16H,6-10H2,1H3,(H,28,34)(H,29,33). The third-order valence-corrected chi connectivity index (χ3v) is 5.49. The monoisotopic (exact) mass is 529 g/mol. The van der Waals surface area contributed by atoms with Crippen LogP contribution in [0.15, 0.2) is 24.3 Å². The molecular weight excluding hydrogens is 507 g/mol. The van der Waals surface area contributed by atoms with Gasteiger partial charge in [0.15, 0.2) is 12.5 Å². The number of nitrogens with zero attached hydrogens (tertiary/aromatic N) is 3. The first-order valence-electron chi connectivity index (χ1n) is 10.6. The fraction of sp³-hybridized carbons (Fsp3) is 0.550. The highest BCUT2D eigenvalue weighted by Crippen LogP contribution is 2.30. The number of alkyl halides is 7. The van der Waals surface area contributed by atoms with Crippen LogP contribution < -0.4 is 20.4 Å². The lowest BCUT2D eigenvalue weighted by molar-refractivity contribution is -0.209. The molecule has 2 fully saturated rings. The van der Waals surface area contributed by atoms with Crippen molar-refractivity contribution in [2.75, 3.05) is 42.5 Å². The second-order valence-electron chi connectivity index (χ2n) is 8.10. The second-order valence-corrected chi connectivity index (χ2v) is 8.10. The number of carbonyl (C=O) groups is 3. The van der Waals surface area contributed by atoms with Gasteiger partial charge in [0.1, 0.15) is 6.10 Å². The van der Waals surface area contributed by atoms with Crippen LogP contribution in [0.4, 0.5) is 46.9 Å². The largest absolute Gasteiger partial charge is 0.471 e. The zero-order valence-corrected chi connectivity index (χ0v) is 18.7. The van der Waals surface area contributed by atoms with Crippen LogP contribution in [0.3, 0.4) is 0 Å². The van der Waals surface area contributed by atoms with Crippen LogP contribution in [0.25, 0.3) is 0 Å². The summed E-state index contributed by atoms with van der Waals surface area (Å²) in [5, 5.41) is 3.36. The van der Waals surface area contributed by atoms with E-state index in [0.717, 1.165) is 11.8 Å². The molecule has 0 spiro atoms. The molecule has 1 aromatic rings. The molecule has 0 bridgehead atoms. The maximum Gasteiger partial charge on any atom is 0.471 e. The number of rotatable bonds is 6. The molecule has 9 nitrogen and oxygen atoms in total. The lowest BCUT2D eigenvalue weighted by Crippen LogP contribution is -2.64. The average molecular weight is 529 g/mol. The summed E-state index contributed by atoms with van der Waals surface area (Å²) in [5.74, 6) is -3.11. The zero-order valence-electron chi connectivity index (χ0n) is 18.7. The third kappa shape index (κ3) is 6.47. The highest BCUT2D eigenvalue weighted by molar-refractivity contribution is 5.90. The normalized spacial score (nSPS) is 22.3. The van der Waals surface area contributed by atoms with Crippen molar-refractivity contribution in [3.63, 3.8) is 0 Å². The lowest BCUT2D eigenvalue weighted by atomic mass is 10.2. The van der Waals surface area contributed by atoms with Gasteiger partial charge in [-0.25, -0.2) is 14.1 Å². The van der Waals surface area contributed by atoms with Crippen molar-refractivity contribution in [2.45, 2.75) is 37.8 Å². The van der Waals surface area contributed by atoms with Crippen molar-refractivity contribution >= 4 is 29.3 Å². The minimum atomic E-state index is -5.07. The van der Waals surface area contributed by atoms with Gasteiger partial charge in [-0.3, -0.25) is 14.5 Å². The Labute approximate surface area is 200 Å². The summed E-state index contributed by atoms with van der Waals surface area (Å²) >= 11 is 0. The molecule has 200 valence electrons. The summed E-state index contributed by atoms with van der Waals surface area (Å²) < 4.78 is 96.4. The predicted molar refractivity (Wildman–Crippen MR) is 111 cm³/mol. The molecule has 3 atom stereocenters. The van der Waals surface area contributed by atoms with E-state index in [1.807, 2.05) is 0 Å². The summed E-state index contributed by atoms with van der Waals surface area (Å²) in [7, 11) is 0. The van der Waals surface area contributed by atoms with Gasteiger partial charge in [0.25, 0.3) is 0 Å². The van der Waals surface area contributed by atoms with Gasteiger partial charge >= 0.3 is 24.4 Å². The van der Waals surface area contributed by atoms with Crippen molar-refractivity contribution in [3.8, 4) is 0 Å². The number of ether oxygens (including phenoxy) is 1. The Morgan fingerprint density at radius 2 is 1.67 bits per heavy atom. The van der Waals surface area contributed by atoms with Gasteiger partial charge in [-0.05, 0) is 24.3 Å². The van der Waals surface area contributed by atoms with E-state index in [-0.39, 0.29) is 19.6 Å². The highest BCUT2D eigenvalue weighted by atomic mass is 19.4. The van der Waals surface area contributed by atoms with Crippen LogP contribution in [-0.2, 0) is 14.3 Å². The molecule has 0 radical (unpaired) electrons. The second kappa shape index (κ2) is 10.4. The van der Waals surface area contributed by atoms with Crippen molar-refractivity contribution in [3.05, 3.63) is 24.3 Å². The van der Waals surface area contributed by atoms with Gasteiger partial charge in [-0.1, -0.05) is 0 Å². The molecule has 16 heteroatoms. The number of halogens is 7. The molecule has 3 unspecified atom stereocenters. The van der Waals surface area contributed by atoms with Crippen LogP contribution in [-0.4, -0.2) is 86.4 Å². The molecule has 0 aliphatic carbocycles. The summed E-state index contributed by atoms with van der Waals surface area (Å²) in [6.07, 6.45) is -16.3. The fourth-order valence-electron chi connectivity index (χ4n) is 3.81. The Balaban J connectivity index is 1.60. The Bertz CT molecular complexity index is 973. The minimum Gasteiger partial charge on any atom is -0.442 e. The number of cyclic esters (lactones) is 1. The Hall–Kier alpha value is -3.30. The van der Waals surface area contributed by atoms with Crippen molar-refractivity contribution in [1.82, 2.24) is 15.5 Å². The molecule has 3 amide bonds. The third-order valence-electron chi connectivity index (χ3n) is 5.49. The molecule has 0 aromatic heterocycles. The maximum atomic E-state index is 14.7. The molecule has 2 heterocycles. The number of piperazine rings is 1. The molecular formula is C20H22F7N5O4. The topological polar surface area (TPSA) is 94.2 Å². The van der Waals surface area contributed by atoms with Crippen LogP contribution in [0.5, 0.6) is 0 Å². The molecule has 3 rings (SSSR count). The van der Waals surface area contributed by atoms with Crippen LogP contribution in [0.1, 0.15) is 6.92 Å². The Morgan fingerprint density at radius 3 is 2.19 bits per heavy atom.